The van der Waals surface area contributed by atoms with E-state index in [1.165, 1.54) is 13.8 Å². The standard InChI is InChI=1S/C13H14BrF3O3/c1-11(2,8-3-5-9(14)6-4-8)7-12(20,10(18)19)13(15,16)17/h3-6,20H,7H2,1-2H3,(H,18,19)/p-1. The largest absolute Gasteiger partial charge is 0.547 e. The molecule has 0 heterocycles. The average molecular weight is 354 g/mol. The summed E-state index contributed by atoms with van der Waals surface area (Å²) in [6.45, 7) is 2.85. The number of carbonyl (C=O) groups excluding carboxylic acids is 1. The van der Waals surface area contributed by atoms with E-state index in [2.05, 4.69) is 15.9 Å². The number of aliphatic carboxylic acids is 1. The molecule has 0 bridgehead atoms. The number of aliphatic hydroxyl groups is 1. The summed E-state index contributed by atoms with van der Waals surface area (Å²) in [5.41, 5.74) is -4.61. The summed E-state index contributed by atoms with van der Waals surface area (Å²) in [5.74, 6) is -2.55. The van der Waals surface area contributed by atoms with Gasteiger partial charge in [0.15, 0.2) is 0 Å². The summed E-state index contributed by atoms with van der Waals surface area (Å²) in [6.07, 6.45) is -6.34. The van der Waals surface area contributed by atoms with Crippen molar-refractivity contribution in [2.45, 2.75) is 37.5 Å². The van der Waals surface area contributed by atoms with Crippen molar-refractivity contribution in [3.8, 4) is 0 Å². The zero-order valence-corrected chi connectivity index (χ0v) is 12.4. The molecule has 0 saturated heterocycles. The monoisotopic (exact) mass is 353 g/mol. The number of carbonyl (C=O) groups is 1. The first-order valence-corrected chi connectivity index (χ1v) is 6.46. The zero-order valence-electron chi connectivity index (χ0n) is 10.8. The quantitative estimate of drug-likeness (QED) is 0.902. The molecule has 0 aromatic heterocycles. The van der Waals surface area contributed by atoms with Crippen LogP contribution in [-0.2, 0) is 10.2 Å². The number of carboxylic acid groups (broad SMARTS) is 1. The number of carboxylic acids is 1. The Bertz CT molecular complexity index is 497. The van der Waals surface area contributed by atoms with Gasteiger partial charge in [-0.1, -0.05) is 41.9 Å². The zero-order chi connectivity index (χ0) is 15.8. The van der Waals surface area contributed by atoms with Crippen LogP contribution in [0.5, 0.6) is 0 Å². The maximum atomic E-state index is 12.8. The number of hydrogen-bond donors (Lipinski definition) is 1. The van der Waals surface area contributed by atoms with Gasteiger partial charge in [-0.05, 0) is 29.5 Å². The van der Waals surface area contributed by atoms with Crippen LogP contribution in [-0.4, -0.2) is 22.9 Å². The first-order chi connectivity index (χ1) is 8.90. The van der Waals surface area contributed by atoms with Crippen LogP contribution in [0.25, 0.3) is 0 Å². The second-order valence-electron chi connectivity index (χ2n) is 5.21. The van der Waals surface area contributed by atoms with Crippen molar-refractivity contribution >= 4 is 21.9 Å². The molecule has 1 unspecified atom stereocenters. The summed E-state index contributed by atoms with van der Waals surface area (Å²) in [6, 6.07) is 6.39. The van der Waals surface area contributed by atoms with Crippen LogP contribution in [0.2, 0.25) is 0 Å². The molecule has 0 amide bonds. The Kier molecular flexibility index (Phi) is 4.55. The Morgan fingerprint density at radius 3 is 2.05 bits per heavy atom. The number of benzene rings is 1. The molecule has 1 aromatic rings. The summed E-state index contributed by atoms with van der Waals surface area (Å²) < 4.78 is 39.1. The molecule has 0 saturated carbocycles. The predicted octanol–water partition coefficient (Wildman–Crippen LogP) is 2.16. The van der Waals surface area contributed by atoms with Crippen LogP contribution >= 0.6 is 15.9 Å². The average Bonchev–Trinajstić information content (AvgIpc) is 2.27. The lowest BCUT2D eigenvalue weighted by molar-refractivity contribution is -0.356. The highest BCUT2D eigenvalue weighted by atomic mass is 79.9. The van der Waals surface area contributed by atoms with E-state index in [9.17, 15) is 28.2 Å². The Balaban J connectivity index is 3.16. The molecule has 3 nitrogen and oxygen atoms in total. The molecular weight excluding hydrogens is 341 g/mol. The third-order valence-corrected chi connectivity index (χ3v) is 3.66. The Morgan fingerprint density at radius 1 is 1.25 bits per heavy atom. The van der Waals surface area contributed by atoms with Gasteiger partial charge in [0.05, 0.1) is 5.97 Å². The van der Waals surface area contributed by atoms with Gasteiger partial charge in [-0.2, -0.15) is 13.2 Å². The Morgan fingerprint density at radius 2 is 1.70 bits per heavy atom. The van der Waals surface area contributed by atoms with Gasteiger partial charge in [-0.25, -0.2) is 0 Å². The first-order valence-electron chi connectivity index (χ1n) is 5.67. The van der Waals surface area contributed by atoms with E-state index < -0.39 is 29.6 Å². The van der Waals surface area contributed by atoms with E-state index in [0.29, 0.717) is 5.56 Å². The molecule has 1 atom stereocenters. The van der Waals surface area contributed by atoms with Gasteiger partial charge in [-0.3, -0.25) is 0 Å². The highest BCUT2D eigenvalue weighted by Crippen LogP contribution is 2.41. The lowest BCUT2D eigenvalue weighted by atomic mass is 9.75. The number of hydrogen-bond acceptors (Lipinski definition) is 3. The molecule has 1 rings (SSSR count). The van der Waals surface area contributed by atoms with Crippen molar-refractivity contribution in [2.75, 3.05) is 0 Å². The van der Waals surface area contributed by atoms with Gasteiger partial charge in [0.1, 0.15) is 0 Å². The van der Waals surface area contributed by atoms with Crippen LogP contribution in [0.1, 0.15) is 25.8 Å². The minimum atomic E-state index is -5.31. The fourth-order valence-electron chi connectivity index (χ4n) is 1.93. The minimum Gasteiger partial charge on any atom is -0.547 e. The van der Waals surface area contributed by atoms with Crippen LogP contribution in [0, 0.1) is 0 Å². The van der Waals surface area contributed by atoms with E-state index >= 15 is 0 Å². The lowest BCUT2D eigenvalue weighted by Gasteiger charge is -2.38. The van der Waals surface area contributed by atoms with E-state index in [4.69, 9.17) is 0 Å². The molecule has 20 heavy (non-hydrogen) atoms. The minimum absolute atomic E-state index is 0.477. The molecule has 112 valence electrons. The van der Waals surface area contributed by atoms with Crippen molar-refractivity contribution in [1.82, 2.24) is 0 Å². The lowest BCUT2D eigenvalue weighted by Crippen LogP contribution is -2.60. The molecule has 0 aliphatic carbocycles. The van der Waals surface area contributed by atoms with Gasteiger partial charge in [0, 0.05) is 4.47 Å². The van der Waals surface area contributed by atoms with Crippen molar-refractivity contribution in [3.05, 3.63) is 34.3 Å². The van der Waals surface area contributed by atoms with Crippen molar-refractivity contribution in [2.24, 2.45) is 0 Å². The molecular formula is C13H13BrF3O3-. The highest BCUT2D eigenvalue weighted by molar-refractivity contribution is 9.10. The summed E-state index contributed by atoms with van der Waals surface area (Å²) in [7, 11) is 0. The fourth-order valence-corrected chi connectivity index (χ4v) is 2.20. The second-order valence-corrected chi connectivity index (χ2v) is 6.13. The molecule has 0 fully saturated rings. The van der Waals surface area contributed by atoms with E-state index in [-0.39, 0.29) is 0 Å². The smallest absolute Gasteiger partial charge is 0.422 e. The van der Waals surface area contributed by atoms with Crippen LogP contribution < -0.4 is 5.11 Å². The van der Waals surface area contributed by atoms with Crippen molar-refractivity contribution in [1.29, 1.82) is 0 Å². The normalized spacial score (nSPS) is 15.8. The summed E-state index contributed by atoms with van der Waals surface area (Å²) >= 11 is 3.20. The van der Waals surface area contributed by atoms with Gasteiger partial charge < -0.3 is 15.0 Å². The third-order valence-electron chi connectivity index (χ3n) is 3.13. The molecule has 7 heteroatoms. The third kappa shape index (κ3) is 3.32. The van der Waals surface area contributed by atoms with E-state index in [1.807, 2.05) is 0 Å². The van der Waals surface area contributed by atoms with E-state index in [1.54, 1.807) is 24.3 Å². The molecule has 0 aliphatic rings. The number of alkyl halides is 3. The fraction of sp³-hybridized carbons (Fsp3) is 0.462. The van der Waals surface area contributed by atoms with Crippen molar-refractivity contribution < 1.29 is 28.2 Å². The van der Waals surface area contributed by atoms with Crippen LogP contribution in [0.15, 0.2) is 28.7 Å². The number of halogens is 4. The Hall–Kier alpha value is -1.08. The number of rotatable bonds is 4. The maximum Gasteiger partial charge on any atom is 0.422 e. The second kappa shape index (κ2) is 5.37. The van der Waals surface area contributed by atoms with E-state index in [0.717, 1.165) is 4.47 Å². The predicted molar refractivity (Wildman–Crippen MR) is 67.8 cm³/mol. The van der Waals surface area contributed by atoms with Crippen LogP contribution in [0.4, 0.5) is 13.2 Å². The van der Waals surface area contributed by atoms with Gasteiger partial charge >= 0.3 is 6.18 Å². The molecule has 0 radical (unpaired) electrons. The molecule has 0 spiro atoms. The van der Waals surface area contributed by atoms with Crippen LogP contribution in [0.3, 0.4) is 0 Å². The topological polar surface area (TPSA) is 60.4 Å². The maximum absolute atomic E-state index is 12.8. The summed E-state index contributed by atoms with van der Waals surface area (Å²) in [4.78, 5) is 10.7. The highest BCUT2D eigenvalue weighted by Gasteiger charge is 2.57. The van der Waals surface area contributed by atoms with Gasteiger partial charge in [0.2, 0.25) is 5.60 Å². The summed E-state index contributed by atoms with van der Waals surface area (Å²) in [5, 5.41) is 20.2. The van der Waals surface area contributed by atoms with Gasteiger partial charge in [0.25, 0.3) is 0 Å². The van der Waals surface area contributed by atoms with Gasteiger partial charge in [-0.15, -0.1) is 0 Å². The van der Waals surface area contributed by atoms with Crippen molar-refractivity contribution in [3.63, 3.8) is 0 Å². The molecule has 1 aromatic carbocycles. The Labute approximate surface area is 122 Å². The molecule has 1 N–H and O–H groups in total. The first kappa shape index (κ1) is 17.0. The molecule has 0 aliphatic heterocycles. The SMILES string of the molecule is CC(C)(CC(O)(C(=O)[O-])C(F)(F)F)c1ccc(Br)cc1.